The number of aryl methyl sites for hydroxylation is 1. The first-order valence-electron chi connectivity index (χ1n) is 8.54. The van der Waals surface area contributed by atoms with Crippen molar-refractivity contribution in [1.82, 2.24) is 9.71 Å². The number of nitrogens with zero attached hydrogens (tertiary/aromatic N) is 2. The third kappa shape index (κ3) is 2.22. The van der Waals surface area contributed by atoms with Crippen LogP contribution in [0.4, 0.5) is 35.1 Å². The molecule has 2 N–H and O–H groups in total. The molecular weight excluding hydrogens is 416 g/mol. The van der Waals surface area contributed by atoms with E-state index in [-0.39, 0.29) is 29.0 Å². The summed E-state index contributed by atoms with van der Waals surface area (Å²) in [6, 6.07) is 0. The fourth-order valence-corrected chi connectivity index (χ4v) is 3.85. The number of phenolic OH excluding ortho intramolecular Hbond substituents is 1. The Hall–Kier alpha value is -2.53. The van der Waals surface area contributed by atoms with E-state index in [2.05, 4.69) is 4.98 Å². The second-order valence-corrected chi connectivity index (χ2v) is 7.03. The highest BCUT2D eigenvalue weighted by Gasteiger charge is 2.81. The molecule has 0 fully saturated rings. The molecule has 4 rings (SSSR count). The van der Waals surface area contributed by atoms with Crippen LogP contribution in [-0.2, 0) is 24.7 Å². The van der Waals surface area contributed by atoms with Gasteiger partial charge in [0.05, 0.1) is 22.5 Å². The van der Waals surface area contributed by atoms with Crippen molar-refractivity contribution in [3.63, 3.8) is 0 Å². The Morgan fingerprint density at radius 1 is 0.828 bits per heavy atom. The van der Waals surface area contributed by atoms with Crippen molar-refractivity contribution >= 4 is 0 Å². The highest BCUT2D eigenvalue weighted by molar-refractivity contribution is 5.71. The summed E-state index contributed by atoms with van der Waals surface area (Å²) >= 11 is 0. The predicted molar refractivity (Wildman–Crippen MR) is 80.4 cm³/mol. The molecule has 1 aromatic heterocycles. The van der Waals surface area contributed by atoms with Crippen LogP contribution >= 0.6 is 0 Å². The number of hydrogen-bond acceptors (Lipinski definition) is 3. The van der Waals surface area contributed by atoms with Crippen molar-refractivity contribution < 1.29 is 45.4 Å². The number of hydrogen-bond donors (Lipinski definition) is 2. The number of halogens is 8. The van der Waals surface area contributed by atoms with Crippen molar-refractivity contribution in [2.75, 3.05) is 0 Å². The van der Waals surface area contributed by atoms with Crippen molar-refractivity contribution in [2.24, 2.45) is 0 Å². The maximum Gasteiger partial charge on any atom is 0.380 e. The monoisotopic (exact) mass is 428 g/mol. The van der Waals surface area contributed by atoms with E-state index in [0.29, 0.717) is 12.8 Å². The molecule has 0 spiro atoms. The van der Waals surface area contributed by atoms with E-state index in [1.165, 1.54) is 0 Å². The van der Waals surface area contributed by atoms with Crippen LogP contribution < -0.4 is 0 Å². The lowest BCUT2D eigenvalue weighted by Gasteiger charge is -2.23. The maximum absolute atomic E-state index is 14.9. The maximum atomic E-state index is 14.9. The van der Waals surface area contributed by atoms with Gasteiger partial charge in [-0.15, -0.1) is 0 Å². The number of alkyl halides is 6. The Morgan fingerprint density at radius 3 is 2.00 bits per heavy atom. The normalized spacial score (nSPS) is 21.5. The lowest BCUT2D eigenvalue weighted by molar-refractivity contribution is -0.303. The molecule has 2 aliphatic rings. The summed E-state index contributed by atoms with van der Waals surface area (Å²) in [4.78, 5) is 3.82. The van der Waals surface area contributed by atoms with Crippen LogP contribution in [-0.4, -0.2) is 26.0 Å². The van der Waals surface area contributed by atoms with Gasteiger partial charge in [0.25, 0.3) is 0 Å². The number of phenols is 1. The van der Waals surface area contributed by atoms with Gasteiger partial charge in [0.1, 0.15) is 11.4 Å². The molecule has 2 aliphatic carbocycles. The Kier molecular flexibility index (Phi) is 3.93. The average molecular weight is 428 g/mol. The number of fused-ring (bicyclic) bond motifs is 2. The van der Waals surface area contributed by atoms with Crippen LogP contribution in [0.3, 0.4) is 0 Å². The SMILES string of the molecule is Oc1c(F)c2c(c(F)c1-c1nc3c(n1O)CCCCC3)C(F)(F)C(F)(F)C2(F)F. The molecule has 0 aliphatic heterocycles. The van der Waals surface area contributed by atoms with E-state index in [0.717, 1.165) is 6.42 Å². The fraction of sp³-hybridized carbons (Fsp3) is 0.471. The van der Waals surface area contributed by atoms with Gasteiger partial charge < -0.3 is 10.3 Å². The predicted octanol–water partition coefficient (Wildman–Crippen LogP) is 4.87. The Balaban J connectivity index is 2.05. The molecule has 1 heterocycles. The largest absolute Gasteiger partial charge is 0.504 e. The highest BCUT2D eigenvalue weighted by atomic mass is 19.3. The number of aromatic hydroxyl groups is 1. The molecule has 0 unspecified atom stereocenters. The molecule has 0 amide bonds. The van der Waals surface area contributed by atoms with Crippen LogP contribution in [0.1, 0.15) is 41.8 Å². The minimum atomic E-state index is -6.14. The lowest BCUT2D eigenvalue weighted by Crippen LogP contribution is -2.43. The van der Waals surface area contributed by atoms with Crippen molar-refractivity contribution in [1.29, 1.82) is 0 Å². The first-order chi connectivity index (χ1) is 13.4. The number of benzene rings is 1. The summed E-state index contributed by atoms with van der Waals surface area (Å²) in [5, 5.41) is 20.2. The van der Waals surface area contributed by atoms with Crippen LogP contribution in [0, 0.1) is 11.6 Å². The first kappa shape index (κ1) is 19.8. The van der Waals surface area contributed by atoms with E-state index in [1.807, 2.05) is 0 Å². The smallest absolute Gasteiger partial charge is 0.380 e. The van der Waals surface area contributed by atoms with Gasteiger partial charge >= 0.3 is 17.8 Å². The van der Waals surface area contributed by atoms with E-state index in [4.69, 9.17) is 0 Å². The molecule has 0 radical (unpaired) electrons. The van der Waals surface area contributed by atoms with Crippen LogP contribution in [0.25, 0.3) is 11.4 Å². The third-order valence-corrected chi connectivity index (χ3v) is 5.35. The Bertz CT molecular complexity index is 1030. The molecule has 158 valence electrons. The summed E-state index contributed by atoms with van der Waals surface area (Å²) in [6.45, 7) is 0. The summed E-state index contributed by atoms with van der Waals surface area (Å²) in [7, 11) is 0. The molecule has 0 atom stereocenters. The molecular formula is C17H12F8N2O2. The zero-order chi connectivity index (χ0) is 21.5. The first-order valence-corrected chi connectivity index (χ1v) is 8.54. The zero-order valence-corrected chi connectivity index (χ0v) is 14.3. The minimum Gasteiger partial charge on any atom is -0.504 e. The lowest BCUT2D eigenvalue weighted by atomic mass is 10.0. The van der Waals surface area contributed by atoms with Crippen LogP contribution in [0.2, 0.25) is 0 Å². The second kappa shape index (κ2) is 5.76. The molecule has 4 nitrogen and oxygen atoms in total. The quantitative estimate of drug-likeness (QED) is 0.387. The van der Waals surface area contributed by atoms with Crippen molar-refractivity contribution in [3.05, 3.63) is 34.1 Å². The van der Waals surface area contributed by atoms with Crippen molar-refractivity contribution in [3.8, 4) is 17.1 Å². The van der Waals surface area contributed by atoms with Gasteiger partial charge in [-0.3, -0.25) is 0 Å². The summed E-state index contributed by atoms with van der Waals surface area (Å²) in [6.07, 6.45) is 2.50. The number of imidazole rings is 1. The summed E-state index contributed by atoms with van der Waals surface area (Å²) in [5.41, 5.74) is -6.34. The minimum absolute atomic E-state index is 0.139. The fourth-order valence-electron chi connectivity index (χ4n) is 3.85. The van der Waals surface area contributed by atoms with Crippen LogP contribution in [0.5, 0.6) is 5.75 Å². The summed E-state index contributed by atoms with van der Waals surface area (Å²) in [5.74, 6) is -25.5. The van der Waals surface area contributed by atoms with E-state index >= 15 is 0 Å². The van der Waals surface area contributed by atoms with E-state index in [9.17, 15) is 45.4 Å². The van der Waals surface area contributed by atoms with E-state index < -0.39 is 57.7 Å². The molecule has 0 bridgehead atoms. The van der Waals surface area contributed by atoms with Gasteiger partial charge in [0.15, 0.2) is 17.4 Å². The number of aromatic nitrogens is 2. The topological polar surface area (TPSA) is 58.3 Å². The van der Waals surface area contributed by atoms with Gasteiger partial charge in [-0.1, -0.05) is 6.42 Å². The van der Waals surface area contributed by atoms with Gasteiger partial charge in [-0.25, -0.2) is 13.8 Å². The van der Waals surface area contributed by atoms with E-state index in [1.54, 1.807) is 0 Å². The second-order valence-electron chi connectivity index (χ2n) is 7.03. The molecule has 1 aromatic carbocycles. The zero-order valence-electron chi connectivity index (χ0n) is 14.3. The standard InChI is InChI=1S/C17H12F8N2O2/c18-11-8(14-26-6-4-2-1-3-5-7(6)27(14)29)13(28)12(19)10-9(11)15(20,21)17(24,25)16(10,22)23/h28-29H,1-5H2. The molecule has 29 heavy (non-hydrogen) atoms. The molecule has 12 heteroatoms. The van der Waals surface area contributed by atoms with Gasteiger partial charge in [0, 0.05) is 0 Å². The average Bonchev–Trinajstić information content (AvgIpc) is 2.86. The van der Waals surface area contributed by atoms with Crippen molar-refractivity contribution in [2.45, 2.75) is 49.9 Å². The highest BCUT2D eigenvalue weighted by Crippen LogP contribution is 2.65. The van der Waals surface area contributed by atoms with Gasteiger partial charge in [0.2, 0.25) is 0 Å². The van der Waals surface area contributed by atoms with Crippen LogP contribution in [0.15, 0.2) is 0 Å². The van der Waals surface area contributed by atoms with Gasteiger partial charge in [-0.05, 0) is 25.7 Å². The Morgan fingerprint density at radius 2 is 1.38 bits per heavy atom. The third-order valence-electron chi connectivity index (χ3n) is 5.35. The van der Waals surface area contributed by atoms with Gasteiger partial charge in [-0.2, -0.15) is 31.1 Å². The molecule has 0 saturated heterocycles. The molecule has 0 saturated carbocycles. The Labute approximate surface area is 157 Å². The summed E-state index contributed by atoms with van der Waals surface area (Å²) < 4.78 is 113. The molecule has 2 aromatic rings. The number of rotatable bonds is 1.